The second kappa shape index (κ2) is 17.9. The van der Waals surface area contributed by atoms with Crippen LogP contribution in [0.1, 0.15) is 111 Å². The predicted octanol–water partition coefficient (Wildman–Crippen LogP) is 5.65. The first-order valence-corrected chi connectivity index (χ1v) is 12.8. The molecule has 0 saturated carbocycles. The van der Waals surface area contributed by atoms with Gasteiger partial charge in [-0.2, -0.15) is 0 Å². The average molecular weight is 511 g/mol. The van der Waals surface area contributed by atoms with Crippen molar-refractivity contribution in [1.82, 2.24) is 0 Å². The lowest BCUT2D eigenvalue weighted by molar-refractivity contribution is -0.0987. The zero-order valence-corrected chi connectivity index (χ0v) is 22.5. The standard InChI is InChI=1S/C27H42O9/c1-7-10-13-31-19(4)34-25(28)22-16-23(26(29)35-20(5)32-14-11-8-2)18-24(17-22)27(30)36-21(6)33-15-12-9-3/h16-21H,7-15H2,1-6H3. The quantitative estimate of drug-likeness (QED) is 0.107. The average Bonchev–Trinajstić information content (AvgIpc) is 2.84. The summed E-state index contributed by atoms with van der Waals surface area (Å²) in [5.41, 5.74) is -0.0376. The molecule has 0 heterocycles. The highest BCUT2D eigenvalue weighted by molar-refractivity contribution is 6.00. The molecule has 3 atom stereocenters. The van der Waals surface area contributed by atoms with Crippen LogP contribution in [-0.2, 0) is 28.4 Å². The molecule has 0 saturated heterocycles. The summed E-state index contributed by atoms with van der Waals surface area (Å²) in [6.45, 7) is 12.2. The molecule has 1 aromatic rings. The smallest absolute Gasteiger partial charge is 0.340 e. The van der Waals surface area contributed by atoms with Gasteiger partial charge in [0.25, 0.3) is 0 Å². The molecule has 36 heavy (non-hydrogen) atoms. The SMILES string of the molecule is CCCCOC(C)OC(=O)c1cc(C(=O)OC(C)OCCCC)cc(C(=O)OC(C)OCCCC)c1. The van der Waals surface area contributed by atoms with E-state index in [0.29, 0.717) is 19.8 Å². The zero-order valence-electron chi connectivity index (χ0n) is 22.5. The number of carbonyl (C=O) groups excluding carboxylic acids is 3. The molecule has 9 nitrogen and oxygen atoms in total. The van der Waals surface area contributed by atoms with Crippen molar-refractivity contribution in [2.45, 2.75) is 98.9 Å². The van der Waals surface area contributed by atoms with E-state index in [0.717, 1.165) is 38.5 Å². The molecule has 1 rings (SSSR count). The molecule has 0 radical (unpaired) electrons. The first kappa shape index (κ1) is 31.5. The van der Waals surface area contributed by atoms with Gasteiger partial charge in [-0.25, -0.2) is 14.4 Å². The Morgan fingerprint density at radius 3 is 1.03 bits per heavy atom. The number of benzene rings is 1. The maximum atomic E-state index is 12.8. The van der Waals surface area contributed by atoms with Crippen molar-refractivity contribution in [3.8, 4) is 0 Å². The molecule has 0 spiro atoms. The molecule has 0 fully saturated rings. The topological polar surface area (TPSA) is 107 Å². The van der Waals surface area contributed by atoms with Crippen molar-refractivity contribution >= 4 is 17.9 Å². The predicted molar refractivity (Wildman–Crippen MR) is 134 cm³/mol. The number of hydrogen-bond acceptors (Lipinski definition) is 9. The van der Waals surface area contributed by atoms with E-state index in [9.17, 15) is 14.4 Å². The molecule has 204 valence electrons. The van der Waals surface area contributed by atoms with Crippen LogP contribution in [0.15, 0.2) is 18.2 Å². The van der Waals surface area contributed by atoms with Crippen molar-refractivity contribution in [1.29, 1.82) is 0 Å². The second-order valence-corrected chi connectivity index (χ2v) is 8.39. The van der Waals surface area contributed by atoms with Crippen molar-refractivity contribution in [2.24, 2.45) is 0 Å². The molecule has 0 aromatic heterocycles. The Hall–Kier alpha value is -2.49. The minimum atomic E-state index is -0.797. The number of unbranched alkanes of at least 4 members (excludes halogenated alkanes) is 3. The van der Waals surface area contributed by atoms with Gasteiger partial charge in [0.15, 0.2) is 18.9 Å². The van der Waals surface area contributed by atoms with Crippen LogP contribution >= 0.6 is 0 Å². The normalized spacial score (nSPS) is 13.5. The number of esters is 3. The lowest BCUT2D eigenvalue weighted by atomic mass is 10.1. The molecule has 0 aliphatic heterocycles. The van der Waals surface area contributed by atoms with E-state index in [1.165, 1.54) is 18.2 Å². The van der Waals surface area contributed by atoms with Crippen LogP contribution in [-0.4, -0.2) is 56.6 Å². The summed E-state index contributed by atoms with van der Waals surface area (Å²) in [7, 11) is 0. The fourth-order valence-corrected chi connectivity index (χ4v) is 2.92. The summed E-state index contributed by atoms with van der Waals surface area (Å²) in [6, 6.07) is 3.92. The fourth-order valence-electron chi connectivity index (χ4n) is 2.92. The van der Waals surface area contributed by atoms with Crippen LogP contribution < -0.4 is 0 Å². The van der Waals surface area contributed by atoms with E-state index in [1.54, 1.807) is 20.8 Å². The summed E-state index contributed by atoms with van der Waals surface area (Å²) in [4.78, 5) is 38.3. The summed E-state index contributed by atoms with van der Waals surface area (Å²) in [6.07, 6.45) is 2.92. The Morgan fingerprint density at radius 1 is 0.556 bits per heavy atom. The van der Waals surface area contributed by atoms with Crippen LogP contribution in [0.5, 0.6) is 0 Å². The van der Waals surface area contributed by atoms with Crippen LogP contribution in [0.3, 0.4) is 0 Å². The molecule has 9 heteroatoms. The highest BCUT2D eigenvalue weighted by atomic mass is 16.7. The monoisotopic (exact) mass is 510 g/mol. The van der Waals surface area contributed by atoms with Gasteiger partial charge < -0.3 is 28.4 Å². The second-order valence-electron chi connectivity index (χ2n) is 8.39. The first-order chi connectivity index (χ1) is 17.2. The molecule has 3 unspecified atom stereocenters. The van der Waals surface area contributed by atoms with Gasteiger partial charge in [0.1, 0.15) is 0 Å². The van der Waals surface area contributed by atoms with Gasteiger partial charge in [-0.15, -0.1) is 0 Å². The number of ether oxygens (including phenoxy) is 6. The van der Waals surface area contributed by atoms with Gasteiger partial charge in [-0.1, -0.05) is 40.0 Å². The third-order valence-corrected chi connectivity index (χ3v) is 5.01. The van der Waals surface area contributed by atoms with Crippen LogP contribution in [0.2, 0.25) is 0 Å². The molecular formula is C27H42O9. The van der Waals surface area contributed by atoms with Crippen molar-refractivity contribution in [2.75, 3.05) is 19.8 Å². The Morgan fingerprint density at radius 2 is 0.806 bits per heavy atom. The summed E-state index contributed by atoms with van der Waals surface area (Å²) >= 11 is 0. The lowest BCUT2D eigenvalue weighted by Gasteiger charge is -2.17. The first-order valence-electron chi connectivity index (χ1n) is 12.8. The third-order valence-electron chi connectivity index (χ3n) is 5.01. The molecular weight excluding hydrogens is 468 g/mol. The minimum absolute atomic E-state index is 0.0125. The highest BCUT2D eigenvalue weighted by Crippen LogP contribution is 2.17. The summed E-state index contributed by atoms with van der Waals surface area (Å²) < 4.78 is 32.4. The Balaban J connectivity index is 3.06. The third kappa shape index (κ3) is 12.5. The Labute approximate surface area is 214 Å². The molecule has 0 aliphatic carbocycles. The fraction of sp³-hybridized carbons (Fsp3) is 0.667. The van der Waals surface area contributed by atoms with Gasteiger partial charge in [-0.05, 0) is 58.2 Å². The lowest BCUT2D eigenvalue weighted by Crippen LogP contribution is -2.22. The van der Waals surface area contributed by atoms with Gasteiger partial charge in [0, 0.05) is 0 Å². The summed E-state index contributed by atoms with van der Waals surface area (Å²) in [5, 5.41) is 0. The highest BCUT2D eigenvalue weighted by Gasteiger charge is 2.22. The van der Waals surface area contributed by atoms with Gasteiger partial charge in [0.2, 0.25) is 0 Å². The van der Waals surface area contributed by atoms with Crippen LogP contribution in [0.25, 0.3) is 0 Å². The van der Waals surface area contributed by atoms with E-state index >= 15 is 0 Å². The number of hydrogen-bond donors (Lipinski definition) is 0. The van der Waals surface area contributed by atoms with Gasteiger partial charge in [-0.3, -0.25) is 0 Å². The molecule has 1 aromatic carbocycles. The van der Waals surface area contributed by atoms with Crippen LogP contribution in [0.4, 0.5) is 0 Å². The van der Waals surface area contributed by atoms with E-state index in [1.807, 2.05) is 20.8 Å². The van der Waals surface area contributed by atoms with Gasteiger partial charge in [0.05, 0.1) is 36.5 Å². The summed E-state index contributed by atoms with van der Waals surface area (Å²) in [5.74, 6) is -2.24. The molecule has 0 N–H and O–H groups in total. The molecule has 0 bridgehead atoms. The number of rotatable bonds is 18. The Kier molecular flexibility index (Phi) is 15.6. The molecule has 0 amide bonds. The number of carbonyl (C=O) groups is 3. The minimum Gasteiger partial charge on any atom is -0.432 e. The van der Waals surface area contributed by atoms with Crippen molar-refractivity contribution < 1.29 is 42.8 Å². The maximum Gasteiger partial charge on any atom is 0.340 e. The van der Waals surface area contributed by atoms with Crippen molar-refractivity contribution in [3.63, 3.8) is 0 Å². The maximum absolute atomic E-state index is 12.8. The zero-order chi connectivity index (χ0) is 26.9. The molecule has 0 aliphatic rings. The van der Waals surface area contributed by atoms with E-state index in [2.05, 4.69) is 0 Å². The van der Waals surface area contributed by atoms with E-state index < -0.39 is 36.8 Å². The van der Waals surface area contributed by atoms with Crippen molar-refractivity contribution in [3.05, 3.63) is 34.9 Å². The van der Waals surface area contributed by atoms with E-state index in [4.69, 9.17) is 28.4 Å². The van der Waals surface area contributed by atoms with E-state index in [-0.39, 0.29) is 16.7 Å². The largest absolute Gasteiger partial charge is 0.432 e. The van der Waals surface area contributed by atoms with Gasteiger partial charge >= 0.3 is 17.9 Å². The Bertz CT molecular complexity index is 691. The van der Waals surface area contributed by atoms with Crippen LogP contribution in [0, 0.1) is 0 Å².